The van der Waals surface area contributed by atoms with Gasteiger partial charge in [-0.05, 0) is 24.6 Å². The molecule has 0 radical (unpaired) electrons. The third-order valence-electron chi connectivity index (χ3n) is 4.53. The number of ether oxygens (including phenoxy) is 1. The number of fused-ring (bicyclic) bond motifs is 1. The van der Waals surface area contributed by atoms with Crippen molar-refractivity contribution in [1.82, 2.24) is 14.9 Å². The predicted molar refractivity (Wildman–Crippen MR) is 107 cm³/mol. The Hall–Kier alpha value is -3.00. The first-order valence-electron chi connectivity index (χ1n) is 8.71. The van der Waals surface area contributed by atoms with Crippen molar-refractivity contribution in [3.8, 4) is 0 Å². The van der Waals surface area contributed by atoms with E-state index in [0.717, 1.165) is 15.2 Å². The SMILES string of the molecule is COC(=O)c1c(CC(=O)N(C)Cc2nc3ccccc3s2)[nH]c(C(C)=O)c1C. The highest BCUT2D eigenvalue weighted by Crippen LogP contribution is 2.24. The van der Waals surface area contributed by atoms with Crippen LogP contribution >= 0.6 is 11.3 Å². The lowest BCUT2D eigenvalue weighted by Gasteiger charge is -2.15. The minimum Gasteiger partial charge on any atom is -0.465 e. The van der Waals surface area contributed by atoms with Crippen molar-refractivity contribution >= 4 is 39.2 Å². The molecule has 3 aromatic rings. The number of aromatic nitrogens is 2. The molecule has 0 aliphatic heterocycles. The van der Waals surface area contributed by atoms with E-state index < -0.39 is 5.97 Å². The van der Waals surface area contributed by atoms with Gasteiger partial charge in [-0.15, -0.1) is 11.3 Å². The van der Waals surface area contributed by atoms with E-state index in [-0.39, 0.29) is 23.7 Å². The van der Waals surface area contributed by atoms with Gasteiger partial charge < -0.3 is 14.6 Å². The second kappa shape index (κ2) is 7.93. The molecular formula is C20H21N3O4S. The van der Waals surface area contributed by atoms with E-state index in [9.17, 15) is 14.4 Å². The maximum Gasteiger partial charge on any atom is 0.339 e. The molecule has 0 saturated carbocycles. The van der Waals surface area contributed by atoms with E-state index in [1.165, 1.54) is 25.4 Å². The molecule has 0 unspecified atom stereocenters. The van der Waals surface area contributed by atoms with Crippen molar-refractivity contribution in [2.75, 3.05) is 14.2 Å². The Morgan fingerprint density at radius 3 is 2.61 bits per heavy atom. The van der Waals surface area contributed by atoms with Crippen LogP contribution in [-0.2, 0) is 22.5 Å². The van der Waals surface area contributed by atoms with Crippen molar-refractivity contribution in [2.45, 2.75) is 26.8 Å². The fourth-order valence-electron chi connectivity index (χ4n) is 3.09. The Morgan fingerprint density at radius 1 is 1.25 bits per heavy atom. The number of carbonyl (C=O) groups excluding carboxylic acids is 3. The molecule has 2 heterocycles. The summed E-state index contributed by atoms with van der Waals surface area (Å²) in [4.78, 5) is 45.7. The number of H-pyrrole nitrogens is 1. The second-order valence-electron chi connectivity index (χ2n) is 6.53. The molecule has 0 aliphatic carbocycles. The summed E-state index contributed by atoms with van der Waals surface area (Å²) in [5.74, 6) is -0.970. The number of benzene rings is 1. The first kappa shape index (κ1) is 19.8. The number of aromatic amines is 1. The predicted octanol–water partition coefficient (Wildman–Crippen LogP) is 3.12. The number of methoxy groups -OCH3 is 1. The lowest BCUT2D eigenvalue weighted by molar-refractivity contribution is -0.129. The van der Waals surface area contributed by atoms with Gasteiger partial charge in [-0.1, -0.05) is 12.1 Å². The first-order valence-corrected chi connectivity index (χ1v) is 9.52. The number of thiazole rings is 1. The van der Waals surface area contributed by atoms with Crippen molar-refractivity contribution < 1.29 is 19.1 Å². The van der Waals surface area contributed by atoms with Crippen molar-refractivity contribution in [1.29, 1.82) is 0 Å². The van der Waals surface area contributed by atoms with Gasteiger partial charge in [0.2, 0.25) is 5.91 Å². The number of nitrogens with zero attached hydrogens (tertiary/aromatic N) is 2. The molecule has 8 heteroatoms. The Labute approximate surface area is 166 Å². The summed E-state index contributed by atoms with van der Waals surface area (Å²) in [5, 5.41) is 0.831. The van der Waals surface area contributed by atoms with Crippen LogP contribution in [0.5, 0.6) is 0 Å². The number of Topliss-reactive ketones (excluding diaryl/α,β-unsaturated/α-hetero) is 1. The largest absolute Gasteiger partial charge is 0.465 e. The fraction of sp³-hybridized carbons (Fsp3) is 0.300. The Balaban J connectivity index is 1.80. The molecule has 0 saturated heterocycles. The van der Waals surface area contributed by atoms with E-state index in [1.54, 1.807) is 18.9 Å². The van der Waals surface area contributed by atoms with Gasteiger partial charge in [-0.25, -0.2) is 9.78 Å². The molecule has 3 rings (SSSR count). The number of para-hydroxylation sites is 1. The molecule has 1 amide bonds. The van der Waals surface area contributed by atoms with E-state index in [2.05, 4.69) is 9.97 Å². The minimum absolute atomic E-state index is 0.0417. The highest BCUT2D eigenvalue weighted by molar-refractivity contribution is 7.18. The van der Waals surface area contributed by atoms with Gasteiger partial charge >= 0.3 is 5.97 Å². The molecular weight excluding hydrogens is 378 g/mol. The molecule has 28 heavy (non-hydrogen) atoms. The van der Waals surface area contributed by atoms with Crippen LogP contribution in [0, 0.1) is 6.92 Å². The molecule has 0 fully saturated rings. The summed E-state index contributed by atoms with van der Waals surface area (Å²) in [6.45, 7) is 3.44. The third-order valence-corrected chi connectivity index (χ3v) is 5.55. The van der Waals surface area contributed by atoms with E-state index >= 15 is 0 Å². The Bertz CT molecular complexity index is 1030. The van der Waals surface area contributed by atoms with Crippen LogP contribution in [0.2, 0.25) is 0 Å². The summed E-state index contributed by atoms with van der Waals surface area (Å²) in [7, 11) is 2.96. The van der Waals surface area contributed by atoms with Crippen LogP contribution in [0.1, 0.15) is 44.0 Å². The highest BCUT2D eigenvalue weighted by Gasteiger charge is 2.25. The summed E-state index contributed by atoms with van der Waals surface area (Å²) in [6.07, 6.45) is -0.0417. The Kier molecular flexibility index (Phi) is 5.60. The zero-order chi connectivity index (χ0) is 20.4. The molecule has 1 aromatic carbocycles. The standard InChI is InChI=1S/C20H21N3O4S/c1-11-18(20(26)27-4)14(22-19(11)12(2)24)9-17(25)23(3)10-16-21-13-7-5-6-8-15(13)28-16/h5-8,22H,9-10H2,1-4H3. The first-order chi connectivity index (χ1) is 13.3. The Morgan fingerprint density at radius 2 is 1.96 bits per heavy atom. The number of hydrogen-bond donors (Lipinski definition) is 1. The van der Waals surface area contributed by atoms with Crippen LogP contribution in [0.3, 0.4) is 0 Å². The van der Waals surface area contributed by atoms with Crippen molar-refractivity contribution in [3.05, 3.63) is 51.8 Å². The lowest BCUT2D eigenvalue weighted by atomic mass is 10.1. The molecule has 146 valence electrons. The van der Waals surface area contributed by atoms with Gasteiger partial charge in [0.25, 0.3) is 0 Å². The van der Waals surface area contributed by atoms with Gasteiger partial charge in [-0.2, -0.15) is 0 Å². The van der Waals surface area contributed by atoms with Crippen LogP contribution in [0.4, 0.5) is 0 Å². The molecule has 2 aromatic heterocycles. The van der Waals surface area contributed by atoms with Crippen LogP contribution in [0.15, 0.2) is 24.3 Å². The number of esters is 1. The normalized spacial score (nSPS) is 10.9. The lowest BCUT2D eigenvalue weighted by Crippen LogP contribution is -2.28. The summed E-state index contributed by atoms with van der Waals surface area (Å²) in [6, 6.07) is 7.81. The van der Waals surface area contributed by atoms with Crippen LogP contribution in [0.25, 0.3) is 10.2 Å². The highest BCUT2D eigenvalue weighted by atomic mass is 32.1. The number of nitrogens with one attached hydrogen (secondary N) is 1. The van der Waals surface area contributed by atoms with Crippen LogP contribution in [-0.4, -0.2) is 46.7 Å². The van der Waals surface area contributed by atoms with E-state index in [4.69, 9.17) is 4.74 Å². The number of hydrogen-bond acceptors (Lipinski definition) is 6. The topological polar surface area (TPSA) is 92.4 Å². The third kappa shape index (κ3) is 3.82. The number of amides is 1. The van der Waals surface area contributed by atoms with Gasteiger partial charge in [-0.3, -0.25) is 9.59 Å². The number of carbonyl (C=O) groups is 3. The number of ketones is 1. The molecule has 0 spiro atoms. The minimum atomic E-state index is -0.571. The maximum atomic E-state index is 12.7. The monoisotopic (exact) mass is 399 g/mol. The average Bonchev–Trinajstić information content (AvgIpc) is 3.21. The van der Waals surface area contributed by atoms with E-state index in [1.807, 2.05) is 24.3 Å². The van der Waals surface area contributed by atoms with Crippen LogP contribution < -0.4 is 0 Å². The molecule has 7 nitrogen and oxygen atoms in total. The zero-order valence-corrected chi connectivity index (χ0v) is 17.0. The molecule has 0 aliphatic rings. The van der Waals surface area contributed by atoms with E-state index in [0.29, 0.717) is 23.5 Å². The van der Waals surface area contributed by atoms with Gasteiger partial charge in [0.05, 0.1) is 41.5 Å². The molecule has 1 N–H and O–H groups in total. The summed E-state index contributed by atoms with van der Waals surface area (Å²) < 4.78 is 5.89. The van der Waals surface area contributed by atoms with Gasteiger partial charge in [0.15, 0.2) is 5.78 Å². The zero-order valence-electron chi connectivity index (χ0n) is 16.2. The van der Waals surface area contributed by atoms with Crippen molar-refractivity contribution in [2.24, 2.45) is 0 Å². The number of likely N-dealkylation sites (N-methyl/N-ethyl adjacent to an activating group) is 1. The van der Waals surface area contributed by atoms with Gasteiger partial charge in [0.1, 0.15) is 5.01 Å². The molecule has 0 atom stereocenters. The quantitative estimate of drug-likeness (QED) is 0.508. The fourth-order valence-corrected chi connectivity index (χ4v) is 4.11. The summed E-state index contributed by atoms with van der Waals surface area (Å²) in [5.41, 5.74) is 2.35. The average molecular weight is 399 g/mol. The summed E-state index contributed by atoms with van der Waals surface area (Å²) >= 11 is 1.54. The molecule has 0 bridgehead atoms. The number of rotatable bonds is 6. The second-order valence-corrected chi connectivity index (χ2v) is 7.64. The van der Waals surface area contributed by atoms with Crippen molar-refractivity contribution in [3.63, 3.8) is 0 Å². The maximum absolute atomic E-state index is 12.7. The smallest absolute Gasteiger partial charge is 0.339 e. The van der Waals surface area contributed by atoms with Gasteiger partial charge in [0, 0.05) is 19.7 Å².